The van der Waals surface area contributed by atoms with E-state index in [1.807, 2.05) is 13.0 Å². The molecule has 17 heavy (non-hydrogen) atoms. The minimum absolute atomic E-state index is 0.0915. The van der Waals surface area contributed by atoms with Gasteiger partial charge in [0.15, 0.2) is 6.10 Å². The standard InChI is InChI=1S/C12H15NO3S/c1-3-5-11(9-13)16-17(14,15)12-7-4-6-10(2)8-12/h4,6-8,11H,3,5H2,1-2H3. The van der Waals surface area contributed by atoms with Crippen LogP contribution in [0.3, 0.4) is 0 Å². The van der Waals surface area contributed by atoms with Gasteiger partial charge in [0.05, 0.1) is 11.0 Å². The van der Waals surface area contributed by atoms with Gasteiger partial charge in [0.2, 0.25) is 0 Å². The SMILES string of the molecule is CCCC(C#N)OS(=O)(=O)c1cccc(C)c1. The van der Waals surface area contributed by atoms with Crippen molar-refractivity contribution in [2.24, 2.45) is 0 Å². The first-order chi connectivity index (χ1) is 7.99. The summed E-state index contributed by atoms with van der Waals surface area (Å²) >= 11 is 0. The van der Waals surface area contributed by atoms with Gasteiger partial charge in [0.25, 0.3) is 10.1 Å². The van der Waals surface area contributed by atoms with Gasteiger partial charge in [-0.1, -0.05) is 25.5 Å². The first kappa shape index (κ1) is 13.7. The predicted octanol–water partition coefficient (Wildman–Crippen LogP) is 2.39. The molecular formula is C12H15NO3S. The largest absolute Gasteiger partial charge is 0.298 e. The Kier molecular flexibility index (Phi) is 4.67. The summed E-state index contributed by atoms with van der Waals surface area (Å²) in [5.74, 6) is 0. The fourth-order valence-electron chi connectivity index (χ4n) is 1.38. The van der Waals surface area contributed by atoms with Gasteiger partial charge in [-0.05, 0) is 31.0 Å². The molecule has 1 rings (SSSR count). The Morgan fingerprint density at radius 1 is 1.47 bits per heavy atom. The van der Waals surface area contributed by atoms with Crippen LogP contribution in [0.2, 0.25) is 0 Å². The molecule has 0 heterocycles. The maximum absolute atomic E-state index is 11.9. The second-order valence-corrected chi connectivity index (χ2v) is 5.35. The molecule has 1 atom stereocenters. The molecule has 0 saturated carbocycles. The van der Waals surface area contributed by atoms with Crippen molar-refractivity contribution in [2.45, 2.75) is 37.7 Å². The highest BCUT2D eigenvalue weighted by Crippen LogP contribution is 2.17. The van der Waals surface area contributed by atoms with Crippen LogP contribution in [-0.2, 0) is 14.3 Å². The zero-order chi connectivity index (χ0) is 12.9. The lowest BCUT2D eigenvalue weighted by Crippen LogP contribution is -2.16. The van der Waals surface area contributed by atoms with Crippen molar-refractivity contribution in [3.05, 3.63) is 29.8 Å². The van der Waals surface area contributed by atoms with E-state index in [0.717, 1.165) is 5.56 Å². The van der Waals surface area contributed by atoms with Crippen molar-refractivity contribution >= 4 is 10.1 Å². The van der Waals surface area contributed by atoms with E-state index in [2.05, 4.69) is 0 Å². The molecule has 4 nitrogen and oxygen atoms in total. The maximum Gasteiger partial charge on any atom is 0.298 e. The third-order valence-corrected chi connectivity index (χ3v) is 3.53. The fourth-order valence-corrected chi connectivity index (χ4v) is 2.51. The molecule has 5 heteroatoms. The van der Waals surface area contributed by atoms with Crippen LogP contribution in [0.25, 0.3) is 0 Å². The molecule has 0 aliphatic heterocycles. The molecule has 0 aromatic heterocycles. The van der Waals surface area contributed by atoms with Crippen molar-refractivity contribution in [1.82, 2.24) is 0 Å². The number of nitriles is 1. The van der Waals surface area contributed by atoms with Crippen molar-refractivity contribution in [3.8, 4) is 6.07 Å². The molecule has 0 N–H and O–H groups in total. The quantitative estimate of drug-likeness (QED) is 0.756. The van der Waals surface area contributed by atoms with Crippen LogP contribution in [-0.4, -0.2) is 14.5 Å². The molecule has 1 aromatic carbocycles. The van der Waals surface area contributed by atoms with E-state index in [0.29, 0.717) is 12.8 Å². The van der Waals surface area contributed by atoms with Gasteiger partial charge in [-0.2, -0.15) is 13.7 Å². The van der Waals surface area contributed by atoms with Gasteiger partial charge in [0, 0.05) is 0 Å². The molecule has 0 fully saturated rings. The van der Waals surface area contributed by atoms with Crippen LogP contribution in [0.4, 0.5) is 0 Å². The molecule has 92 valence electrons. The summed E-state index contributed by atoms with van der Waals surface area (Å²) in [6.45, 7) is 3.67. The van der Waals surface area contributed by atoms with E-state index in [4.69, 9.17) is 9.44 Å². The first-order valence-electron chi connectivity index (χ1n) is 5.39. The Hall–Kier alpha value is -1.38. The summed E-state index contributed by atoms with van der Waals surface area (Å²) in [6, 6.07) is 8.27. The summed E-state index contributed by atoms with van der Waals surface area (Å²) in [5, 5.41) is 8.78. The number of hydrogen-bond donors (Lipinski definition) is 0. The highest BCUT2D eigenvalue weighted by Gasteiger charge is 2.20. The first-order valence-corrected chi connectivity index (χ1v) is 6.80. The van der Waals surface area contributed by atoms with Crippen molar-refractivity contribution in [1.29, 1.82) is 5.26 Å². The molecular weight excluding hydrogens is 238 g/mol. The number of aryl methyl sites for hydroxylation is 1. The normalized spacial score (nSPS) is 13.0. The van der Waals surface area contributed by atoms with Gasteiger partial charge in [-0.25, -0.2) is 4.18 Å². The van der Waals surface area contributed by atoms with Crippen LogP contribution in [0.5, 0.6) is 0 Å². The highest BCUT2D eigenvalue weighted by molar-refractivity contribution is 7.86. The van der Waals surface area contributed by atoms with Gasteiger partial charge in [-0.15, -0.1) is 0 Å². The highest BCUT2D eigenvalue weighted by atomic mass is 32.2. The Morgan fingerprint density at radius 3 is 2.71 bits per heavy atom. The van der Waals surface area contributed by atoms with E-state index in [1.165, 1.54) is 12.1 Å². The van der Waals surface area contributed by atoms with Crippen LogP contribution < -0.4 is 0 Å². The van der Waals surface area contributed by atoms with Crippen molar-refractivity contribution in [3.63, 3.8) is 0 Å². The predicted molar refractivity (Wildman–Crippen MR) is 63.8 cm³/mol. The smallest absolute Gasteiger partial charge is 0.248 e. The summed E-state index contributed by atoms with van der Waals surface area (Å²) in [7, 11) is -3.84. The molecule has 0 aliphatic carbocycles. The third-order valence-electron chi connectivity index (χ3n) is 2.22. The Morgan fingerprint density at radius 2 is 2.18 bits per heavy atom. The zero-order valence-electron chi connectivity index (χ0n) is 9.88. The number of hydrogen-bond acceptors (Lipinski definition) is 4. The molecule has 1 unspecified atom stereocenters. The topological polar surface area (TPSA) is 67.2 Å². The molecule has 0 radical (unpaired) electrons. The molecule has 1 aromatic rings. The van der Waals surface area contributed by atoms with Crippen molar-refractivity contribution in [2.75, 3.05) is 0 Å². The van der Waals surface area contributed by atoms with Gasteiger partial charge >= 0.3 is 0 Å². The van der Waals surface area contributed by atoms with Gasteiger partial charge in [-0.3, -0.25) is 0 Å². The van der Waals surface area contributed by atoms with E-state index in [9.17, 15) is 8.42 Å². The molecule has 0 spiro atoms. The Balaban J connectivity index is 2.93. The number of rotatable bonds is 5. The van der Waals surface area contributed by atoms with Crippen LogP contribution in [0.15, 0.2) is 29.2 Å². The van der Waals surface area contributed by atoms with E-state index in [1.54, 1.807) is 19.1 Å². The van der Waals surface area contributed by atoms with Gasteiger partial charge in [0.1, 0.15) is 0 Å². The van der Waals surface area contributed by atoms with E-state index < -0.39 is 16.2 Å². The van der Waals surface area contributed by atoms with Crippen molar-refractivity contribution < 1.29 is 12.6 Å². The minimum Gasteiger partial charge on any atom is -0.248 e. The van der Waals surface area contributed by atoms with E-state index in [-0.39, 0.29) is 4.90 Å². The zero-order valence-corrected chi connectivity index (χ0v) is 10.7. The molecule has 0 amide bonds. The monoisotopic (exact) mass is 253 g/mol. The molecule has 0 aliphatic rings. The Labute approximate surface area is 102 Å². The fraction of sp³-hybridized carbons (Fsp3) is 0.417. The summed E-state index contributed by atoms with van der Waals surface area (Å²) in [6.07, 6.45) is 0.189. The average molecular weight is 253 g/mol. The third kappa shape index (κ3) is 3.84. The lowest BCUT2D eigenvalue weighted by molar-refractivity contribution is 0.250. The maximum atomic E-state index is 11.9. The van der Waals surface area contributed by atoms with E-state index >= 15 is 0 Å². The number of benzene rings is 1. The lowest BCUT2D eigenvalue weighted by Gasteiger charge is -2.10. The Bertz CT molecular complexity index is 517. The molecule has 0 saturated heterocycles. The summed E-state index contributed by atoms with van der Waals surface area (Å²) < 4.78 is 28.6. The molecule has 0 bridgehead atoms. The second-order valence-electron chi connectivity index (χ2n) is 3.77. The lowest BCUT2D eigenvalue weighted by atomic mass is 10.2. The average Bonchev–Trinajstić information content (AvgIpc) is 2.28. The summed E-state index contributed by atoms with van der Waals surface area (Å²) in [5.41, 5.74) is 0.832. The van der Waals surface area contributed by atoms with Gasteiger partial charge < -0.3 is 0 Å². The number of nitrogens with zero attached hydrogens (tertiary/aromatic N) is 1. The minimum atomic E-state index is -3.84. The summed E-state index contributed by atoms with van der Waals surface area (Å²) in [4.78, 5) is 0.0915. The van der Waals surface area contributed by atoms with Crippen LogP contribution in [0, 0.1) is 18.3 Å². The second kappa shape index (κ2) is 5.80. The van der Waals surface area contributed by atoms with Crippen LogP contribution in [0.1, 0.15) is 25.3 Å². The van der Waals surface area contributed by atoms with Crippen LogP contribution >= 0.6 is 0 Å².